The average molecular weight is 589 g/mol. The van der Waals surface area contributed by atoms with Gasteiger partial charge in [-0.2, -0.15) is 5.10 Å². The Balaban J connectivity index is 1.68. The van der Waals surface area contributed by atoms with Crippen LogP contribution in [0.3, 0.4) is 0 Å². The molecule has 0 aliphatic heterocycles. The third-order valence-electron chi connectivity index (χ3n) is 3.54. The topological polar surface area (TPSA) is 74.8 Å². The first-order valence-corrected chi connectivity index (χ1v) is 11.1. The van der Waals surface area contributed by atoms with E-state index in [1.165, 1.54) is 29.6 Å². The number of nitrogens with zero attached hydrogens (tertiary/aromatic N) is 1. The number of amides is 1. The summed E-state index contributed by atoms with van der Waals surface area (Å²) in [5.41, 5.74) is 3.66. The van der Waals surface area contributed by atoms with E-state index >= 15 is 0 Å². The van der Waals surface area contributed by atoms with Gasteiger partial charge in [-0.15, -0.1) is 0 Å². The van der Waals surface area contributed by atoms with Crippen LogP contribution in [-0.2, 0) is 0 Å². The van der Waals surface area contributed by atoms with E-state index in [4.69, 9.17) is 4.42 Å². The minimum Gasteiger partial charge on any atom is -0.506 e. The van der Waals surface area contributed by atoms with Crippen molar-refractivity contribution >= 4 is 71.7 Å². The van der Waals surface area contributed by atoms with Crippen LogP contribution in [0.1, 0.15) is 21.7 Å². The van der Waals surface area contributed by atoms with Gasteiger partial charge in [0.15, 0.2) is 5.09 Å². The zero-order valence-corrected chi connectivity index (χ0v) is 19.9. The SMILES string of the molecule is Cc1ccc(Sc2oc(/C=N\NC(=O)c3cc(Br)cc(Br)c3O)cc2Br)cc1. The van der Waals surface area contributed by atoms with E-state index in [9.17, 15) is 9.90 Å². The summed E-state index contributed by atoms with van der Waals surface area (Å²) in [6.07, 6.45) is 1.39. The number of phenols is 1. The Labute approximate surface area is 191 Å². The normalized spacial score (nSPS) is 11.1. The van der Waals surface area contributed by atoms with Crippen LogP contribution < -0.4 is 5.43 Å². The van der Waals surface area contributed by atoms with E-state index in [1.807, 2.05) is 31.2 Å². The molecule has 1 aromatic heterocycles. The lowest BCUT2D eigenvalue weighted by atomic mass is 10.2. The fraction of sp³-hybridized carbons (Fsp3) is 0.0526. The molecule has 1 amide bonds. The molecule has 1 heterocycles. The summed E-state index contributed by atoms with van der Waals surface area (Å²) in [4.78, 5) is 13.3. The second kappa shape index (κ2) is 9.30. The number of phenolic OH excluding ortho intramolecular Hbond substituents is 1. The van der Waals surface area contributed by atoms with Gasteiger partial charge in [-0.3, -0.25) is 4.79 Å². The van der Waals surface area contributed by atoms with E-state index in [0.717, 1.165) is 9.37 Å². The smallest absolute Gasteiger partial charge is 0.275 e. The van der Waals surface area contributed by atoms with Crippen molar-refractivity contribution in [3.8, 4) is 5.75 Å². The molecule has 0 radical (unpaired) electrons. The first kappa shape index (κ1) is 21.2. The number of halogens is 3. The number of hydrogen-bond acceptors (Lipinski definition) is 5. The molecule has 0 atom stereocenters. The highest BCUT2D eigenvalue weighted by atomic mass is 79.9. The summed E-state index contributed by atoms with van der Waals surface area (Å²) < 4.78 is 7.60. The quantitative estimate of drug-likeness (QED) is 0.264. The van der Waals surface area contributed by atoms with Crippen LogP contribution in [0.25, 0.3) is 0 Å². The zero-order chi connectivity index (χ0) is 20.3. The molecule has 3 aromatic rings. The summed E-state index contributed by atoms with van der Waals surface area (Å²) in [5.74, 6) is -0.231. The molecular formula is C19H13Br3N2O3S. The van der Waals surface area contributed by atoms with Gasteiger partial charge in [-0.1, -0.05) is 45.4 Å². The van der Waals surface area contributed by atoms with Crippen LogP contribution in [0.2, 0.25) is 0 Å². The molecule has 28 heavy (non-hydrogen) atoms. The standard InChI is InChI=1S/C19H13Br3N2O3S/c1-10-2-4-13(5-3-10)28-19-16(22)8-12(27-19)9-23-24-18(26)14-6-11(20)7-15(21)17(14)25/h2-9,25H,1H3,(H,24,26)/b23-9-. The lowest BCUT2D eigenvalue weighted by molar-refractivity contribution is 0.0952. The van der Waals surface area contributed by atoms with Crippen LogP contribution in [0.4, 0.5) is 0 Å². The largest absolute Gasteiger partial charge is 0.506 e. The number of nitrogens with one attached hydrogen (secondary N) is 1. The van der Waals surface area contributed by atoms with Crippen LogP contribution >= 0.6 is 59.6 Å². The fourth-order valence-electron chi connectivity index (χ4n) is 2.17. The molecule has 3 rings (SSSR count). The van der Waals surface area contributed by atoms with E-state index in [-0.39, 0.29) is 11.3 Å². The molecule has 0 bridgehead atoms. The Morgan fingerprint density at radius 1 is 1.14 bits per heavy atom. The van der Waals surface area contributed by atoms with Crippen molar-refractivity contribution in [3.63, 3.8) is 0 Å². The minimum absolute atomic E-state index is 0.0923. The van der Waals surface area contributed by atoms with Crippen molar-refractivity contribution in [2.75, 3.05) is 0 Å². The van der Waals surface area contributed by atoms with Crippen LogP contribution in [0, 0.1) is 6.92 Å². The second-order valence-electron chi connectivity index (χ2n) is 5.68. The van der Waals surface area contributed by atoms with Gasteiger partial charge < -0.3 is 9.52 Å². The highest BCUT2D eigenvalue weighted by Gasteiger charge is 2.15. The molecule has 144 valence electrons. The highest BCUT2D eigenvalue weighted by molar-refractivity contribution is 9.11. The van der Waals surface area contributed by atoms with Gasteiger partial charge in [0.25, 0.3) is 5.91 Å². The van der Waals surface area contributed by atoms with E-state index in [0.29, 0.717) is 19.8 Å². The predicted molar refractivity (Wildman–Crippen MR) is 120 cm³/mol. The van der Waals surface area contributed by atoms with Gasteiger partial charge >= 0.3 is 0 Å². The number of benzene rings is 2. The molecule has 2 N–H and O–H groups in total. The lowest BCUT2D eigenvalue weighted by Crippen LogP contribution is -2.17. The Kier molecular flexibility index (Phi) is 7.03. The van der Waals surface area contributed by atoms with Crippen molar-refractivity contribution in [2.45, 2.75) is 16.9 Å². The number of carbonyl (C=O) groups is 1. The van der Waals surface area contributed by atoms with Crippen molar-refractivity contribution in [2.24, 2.45) is 5.10 Å². The molecule has 0 aliphatic rings. The van der Waals surface area contributed by atoms with Crippen molar-refractivity contribution < 1.29 is 14.3 Å². The van der Waals surface area contributed by atoms with Crippen molar-refractivity contribution in [1.29, 1.82) is 0 Å². The van der Waals surface area contributed by atoms with Gasteiger partial charge in [-0.25, -0.2) is 5.43 Å². The van der Waals surface area contributed by atoms with E-state index < -0.39 is 5.91 Å². The molecular weight excluding hydrogens is 576 g/mol. The molecule has 0 unspecified atom stereocenters. The second-order valence-corrected chi connectivity index (χ2v) is 9.35. The molecule has 0 fully saturated rings. The summed E-state index contributed by atoms with van der Waals surface area (Å²) >= 11 is 11.4. The third kappa shape index (κ3) is 5.28. The number of carbonyl (C=O) groups excluding carboxylic acids is 1. The van der Waals surface area contributed by atoms with E-state index in [2.05, 4.69) is 58.3 Å². The van der Waals surface area contributed by atoms with Gasteiger partial charge in [-0.05, 0) is 63.0 Å². The van der Waals surface area contributed by atoms with Gasteiger partial charge in [0, 0.05) is 15.4 Å². The maximum atomic E-state index is 12.2. The third-order valence-corrected chi connectivity index (χ3v) is 6.45. The summed E-state index contributed by atoms with van der Waals surface area (Å²) in [7, 11) is 0. The number of furan rings is 1. The number of rotatable bonds is 5. The van der Waals surface area contributed by atoms with Crippen LogP contribution in [0.15, 0.2) is 75.4 Å². The number of hydrogen-bond donors (Lipinski definition) is 2. The predicted octanol–water partition coefficient (Wildman–Crippen LogP) is 6.50. The van der Waals surface area contributed by atoms with Crippen molar-refractivity contribution in [3.05, 3.63) is 72.8 Å². The van der Waals surface area contributed by atoms with Crippen LogP contribution in [0.5, 0.6) is 5.75 Å². The molecule has 0 saturated heterocycles. The lowest BCUT2D eigenvalue weighted by Gasteiger charge is -2.05. The number of hydrazone groups is 1. The van der Waals surface area contributed by atoms with Gasteiger partial charge in [0.1, 0.15) is 11.5 Å². The maximum absolute atomic E-state index is 12.2. The number of aryl methyl sites for hydroxylation is 1. The monoisotopic (exact) mass is 586 g/mol. The Bertz CT molecular complexity index is 1050. The summed E-state index contributed by atoms with van der Waals surface area (Å²) in [6, 6.07) is 13.0. The Hall–Kier alpha value is -1.55. The number of aromatic hydroxyl groups is 1. The molecule has 0 aliphatic carbocycles. The fourth-order valence-corrected chi connectivity index (χ4v) is 4.72. The summed E-state index contributed by atoms with van der Waals surface area (Å²) in [5, 5.41) is 14.6. The van der Waals surface area contributed by atoms with Crippen molar-refractivity contribution in [1.82, 2.24) is 5.43 Å². The first-order valence-electron chi connectivity index (χ1n) is 7.89. The first-order chi connectivity index (χ1) is 13.3. The van der Waals surface area contributed by atoms with Crippen LogP contribution in [-0.4, -0.2) is 17.2 Å². The molecule has 9 heteroatoms. The van der Waals surface area contributed by atoms with Gasteiger partial charge in [0.05, 0.1) is 20.7 Å². The molecule has 2 aromatic carbocycles. The zero-order valence-electron chi connectivity index (χ0n) is 14.4. The molecule has 0 spiro atoms. The highest BCUT2D eigenvalue weighted by Crippen LogP contribution is 2.35. The summed E-state index contributed by atoms with van der Waals surface area (Å²) in [6.45, 7) is 2.03. The van der Waals surface area contributed by atoms with Gasteiger partial charge in [0.2, 0.25) is 0 Å². The Morgan fingerprint density at radius 3 is 2.57 bits per heavy atom. The maximum Gasteiger partial charge on any atom is 0.275 e. The Morgan fingerprint density at radius 2 is 1.86 bits per heavy atom. The molecule has 0 saturated carbocycles. The minimum atomic E-state index is -0.546. The molecule has 5 nitrogen and oxygen atoms in total. The average Bonchev–Trinajstić information content (AvgIpc) is 2.99. The van der Waals surface area contributed by atoms with E-state index in [1.54, 1.807) is 12.1 Å².